The highest BCUT2D eigenvalue weighted by Gasteiger charge is 2.40. The molecule has 5 nitrogen and oxygen atoms in total. The molecule has 2 aliphatic heterocycles. The predicted octanol–water partition coefficient (Wildman–Crippen LogP) is 6.83. The Hall–Kier alpha value is -5.75. The Morgan fingerprint density at radius 1 is 0.535 bits per heavy atom. The summed E-state index contributed by atoms with van der Waals surface area (Å²) in [5, 5.41) is 0. The first kappa shape index (κ1) is 22.9. The maximum absolute atomic E-state index is 6.61. The minimum Gasteiger partial charge on any atom is -0.458 e. The molecular formula is C37H22BN3O2. The molecule has 2 aliphatic rings. The third kappa shape index (κ3) is 3.09. The van der Waals surface area contributed by atoms with Gasteiger partial charge in [0.1, 0.15) is 23.0 Å². The average molecular weight is 551 g/mol. The van der Waals surface area contributed by atoms with Crippen molar-refractivity contribution in [2.24, 2.45) is 0 Å². The monoisotopic (exact) mass is 551 g/mol. The van der Waals surface area contributed by atoms with Gasteiger partial charge in [-0.25, -0.2) is 4.98 Å². The lowest BCUT2D eigenvalue weighted by atomic mass is 9.35. The second-order valence-corrected chi connectivity index (χ2v) is 11.2. The summed E-state index contributed by atoms with van der Waals surface area (Å²) < 4.78 is 17.7. The van der Waals surface area contributed by atoms with Crippen LogP contribution in [0.2, 0.25) is 0 Å². The largest absolute Gasteiger partial charge is 0.458 e. The second-order valence-electron chi connectivity index (χ2n) is 11.2. The predicted molar refractivity (Wildman–Crippen MR) is 173 cm³/mol. The quantitative estimate of drug-likeness (QED) is 0.221. The zero-order valence-corrected chi connectivity index (χ0v) is 22.9. The number of nitrogens with zero attached hydrogens (tertiary/aromatic N) is 3. The number of fused-ring (bicyclic) bond motifs is 9. The minimum atomic E-state index is 0.0505. The van der Waals surface area contributed by atoms with Crippen LogP contribution < -0.4 is 25.9 Å². The number of rotatable bonds is 2. The number of hydrogen-bond acceptors (Lipinski definition) is 3. The first-order valence-electron chi connectivity index (χ1n) is 14.5. The van der Waals surface area contributed by atoms with E-state index < -0.39 is 0 Å². The fourth-order valence-electron chi connectivity index (χ4n) is 7.05. The van der Waals surface area contributed by atoms with Crippen molar-refractivity contribution in [2.45, 2.75) is 0 Å². The van der Waals surface area contributed by atoms with Crippen molar-refractivity contribution >= 4 is 50.9 Å². The molecule has 4 heterocycles. The van der Waals surface area contributed by atoms with Crippen molar-refractivity contribution in [1.29, 1.82) is 0 Å². The second kappa shape index (κ2) is 8.40. The van der Waals surface area contributed by atoms with Crippen LogP contribution in [0, 0.1) is 0 Å². The number of hydrogen-bond donors (Lipinski definition) is 0. The summed E-state index contributed by atoms with van der Waals surface area (Å²) in [5.74, 6) is 4.30. The van der Waals surface area contributed by atoms with Crippen LogP contribution in [0.25, 0.3) is 44.7 Å². The number of aromatic nitrogens is 3. The van der Waals surface area contributed by atoms with Gasteiger partial charge in [0.15, 0.2) is 0 Å². The summed E-state index contributed by atoms with van der Waals surface area (Å²) in [5.41, 5.74) is 10.8. The average Bonchev–Trinajstić information content (AvgIpc) is 3.59. The van der Waals surface area contributed by atoms with Gasteiger partial charge >= 0.3 is 0 Å². The van der Waals surface area contributed by atoms with Gasteiger partial charge in [0.25, 0.3) is 6.71 Å². The summed E-state index contributed by atoms with van der Waals surface area (Å²) in [6.45, 7) is 0.0505. The summed E-state index contributed by atoms with van der Waals surface area (Å²) in [7, 11) is 0. The van der Waals surface area contributed by atoms with Crippen molar-refractivity contribution in [1.82, 2.24) is 14.0 Å². The van der Waals surface area contributed by atoms with Gasteiger partial charge in [-0.05, 0) is 71.1 Å². The molecule has 0 saturated heterocycles. The maximum Gasteiger partial charge on any atom is 0.260 e. The molecule has 0 fully saturated rings. The molecule has 0 bridgehead atoms. The van der Waals surface area contributed by atoms with Gasteiger partial charge in [0, 0.05) is 11.0 Å². The van der Waals surface area contributed by atoms with E-state index in [1.54, 1.807) is 0 Å². The molecule has 200 valence electrons. The first-order valence-corrected chi connectivity index (χ1v) is 14.5. The van der Waals surface area contributed by atoms with Gasteiger partial charge in [-0.2, -0.15) is 0 Å². The van der Waals surface area contributed by atoms with E-state index in [2.05, 4.69) is 124 Å². The van der Waals surface area contributed by atoms with E-state index in [0.29, 0.717) is 0 Å². The molecule has 0 spiro atoms. The molecule has 0 saturated carbocycles. The van der Waals surface area contributed by atoms with Crippen LogP contribution in [0.1, 0.15) is 0 Å². The van der Waals surface area contributed by atoms with Crippen LogP contribution in [0.3, 0.4) is 0 Å². The van der Waals surface area contributed by atoms with E-state index in [4.69, 9.17) is 14.5 Å². The lowest BCUT2D eigenvalue weighted by molar-refractivity contribution is 0.465. The maximum atomic E-state index is 6.61. The van der Waals surface area contributed by atoms with E-state index in [1.807, 2.05) is 18.2 Å². The van der Waals surface area contributed by atoms with Gasteiger partial charge < -0.3 is 9.47 Å². The van der Waals surface area contributed by atoms with Crippen LogP contribution in [-0.4, -0.2) is 20.7 Å². The lowest BCUT2D eigenvalue weighted by Gasteiger charge is -2.33. The van der Waals surface area contributed by atoms with E-state index in [1.165, 1.54) is 0 Å². The number of ether oxygens (including phenoxy) is 2. The highest BCUT2D eigenvalue weighted by atomic mass is 16.5. The van der Waals surface area contributed by atoms with Crippen molar-refractivity contribution in [3.05, 3.63) is 133 Å². The Bertz CT molecular complexity index is 2370. The molecule has 0 atom stereocenters. The van der Waals surface area contributed by atoms with Crippen molar-refractivity contribution in [2.75, 3.05) is 0 Å². The Labute approximate surface area is 247 Å². The molecule has 0 unspecified atom stereocenters. The Kier molecular flexibility index (Phi) is 4.47. The highest BCUT2D eigenvalue weighted by molar-refractivity contribution is 6.98. The van der Waals surface area contributed by atoms with E-state index in [-0.39, 0.29) is 6.71 Å². The van der Waals surface area contributed by atoms with Gasteiger partial charge in [-0.15, -0.1) is 0 Å². The molecule has 0 amide bonds. The summed E-state index contributed by atoms with van der Waals surface area (Å²) in [4.78, 5) is 5.11. The number of para-hydroxylation sites is 7. The van der Waals surface area contributed by atoms with Crippen LogP contribution in [0.4, 0.5) is 0 Å². The van der Waals surface area contributed by atoms with E-state index in [0.717, 1.165) is 84.0 Å². The van der Waals surface area contributed by atoms with Crippen molar-refractivity contribution in [3.63, 3.8) is 0 Å². The zero-order chi connectivity index (χ0) is 28.1. The zero-order valence-electron chi connectivity index (χ0n) is 22.9. The highest BCUT2D eigenvalue weighted by Crippen LogP contribution is 2.40. The molecule has 0 radical (unpaired) electrons. The standard InChI is InChI=1S/C37H22BN3O2/c1-5-15-28(40-30-17-7-8-18-31(30)41-29-16-6-4-14-27(29)39-37(40)41)24(11-1)23-21-34-36-35(22-23)43-33-20-10-3-13-26(33)38(36)25-12-2-9-19-32(25)42-34/h1-22H. The van der Waals surface area contributed by atoms with Gasteiger partial charge in [0.2, 0.25) is 5.78 Å². The minimum absolute atomic E-state index is 0.0505. The molecule has 6 heteroatoms. The van der Waals surface area contributed by atoms with Gasteiger partial charge in [-0.3, -0.25) is 8.97 Å². The van der Waals surface area contributed by atoms with Crippen LogP contribution >= 0.6 is 0 Å². The Morgan fingerprint density at radius 3 is 1.86 bits per heavy atom. The van der Waals surface area contributed by atoms with Gasteiger partial charge in [0.05, 0.1) is 27.8 Å². The molecule has 10 rings (SSSR count). The third-order valence-electron chi connectivity index (χ3n) is 8.86. The summed E-state index contributed by atoms with van der Waals surface area (Å²) >= 11 is 0. The SMILES string of the molecule is c1ccc2c(c1)Oc1cc(-c3ccccc3-n3c4ccccc4n4c5ccccc5nc34)cc3c1B2c1ccccc1O3. The molecule has 6 aromatic carbocycles. The fraction of sp³-hybridized carbons (Fsp3) is 0. The number of benzene rings is 6. The molecule has 8 aromatic rings. The van der Waals surface area contributed by atoms with Crippen molar-refractivity contribution < 1.29 is 9.47 Å². The summed E-state index contributed by atoms with van der Waals surface area (Å²) in [6, 6.07) is 46.3. The summed E-state index contributed by atoms with van der Waals surface area (Å²) in [6.07, 6.45) is 0. The molecule has 2 aromatic heterocycles. The fourth-order valence-corrected chi connectivity index (χ4v) is 7.05. The molecule has 0 N–H and O–H groups in total. The Balaban J connectivity index is 1.24. The normalized spacial score (nSPS) is 13.0. The number of imidazole rings is 2. The smallest absolute Gasteiger partial charge is 0.260 e. The van der Waals surface area contributed by atoms with Crippen LogP contribution in [-0.2, 0) is 0 Å². The molecule has 0 aliphatic carbocycles. The van der Waals surface area contributed by atoms with Crippen LogP contribution in [0.5, 0.6) is 23.0 Å². The lowest BCUT2D eigenvalue weighted by Crippen LogP contribution is -2.57. The van der Waals surface area contributed by atoms with Crippen LogP contribution in [0.15, 0.2) is 133 Å². The Morgan fingerprint density at radius 2 is 1.12 bits per heavy atom. The molecular weight excluding hydrogens is 529 g/mol. The topological polar surface area (TPSA) is 40.7 Å². The van der Waals surface area contributed by atoms with Crippen molar-refractivity contribution in [3.8, 4) is 39.8 Å². The van der Waals surface area contributed by atoms with E-state index >= 15 is 0 Å². The van der Waals surface area contributed by atoms with E-state index in [9.17, 15) is 0 Å². The first-order chi connectivity index (χ1) is 21.3. The van der Waals surface area contributed by atoms with Gasteiger partial charge in [-0.1, -0.05) is 78.9 Å². The third-order valence-corrected chi connectivity index (χ3v) is 8.86. The molecule has 43 heavy (non-hydrogen) atoms.